The molecule has 0 spiro atoms. The number of hydrogen-bond acceptors (Lipinski definition) is 7. The number of esters is 1. The standard InChI is InChI=1S/C21H25F3N4O6/c1-20(2,3)34-19(30)25-15(18(29)33-12-21(22,23)24)11-14-16(10-13-8-6-5-7-9-13)27(4)26-17(14)28(31)32/h5-9,15H,10-12H2,1-4H3,(H,25,30). The molecule has 0 bridgehead atoms. The molecule has 0 saturated carbocycles. The van der Waals surface area contributed by atoms with Gasteiger partial charge in [-0.25, -0.2) is 9.59 Å². The first-order valence-corrected chi connectivity index (χ1v) is 10.1. The second-order valence-corrected chi connectivity index (χ2v) is 8.42. The molecule has 34 heavy (non-hydrogen) atoms. The number of aryl methyl sites for hydroxylation is 1. The molecule has 10 nitrogen and oxygen atoms in total. The van der Waals surface area contributed by atoms with Gasteiger partial charge in [0, 0.05) is 12.8 Å². The molecule has 2 rings (SSSR count). The molecule has 0 aliphatic heterocycles. The largest absolute Gasteiger partial charge is 0.454 e. The maximum atomic E-state index is 12.6. The summed E-state index contributed by atoms with van der Waals surface area (Å²) in [6.45, 7) is 2.76. The number of nitro groups is 1. The van der Waals surface area contributed by atoms with Crippen LogP contribution in [0.4, 0.5) is 23.8 Å². The molecular formula is C21H25F3N4O6. The number of benzene rings is 1. The third kappa shape index (κ3) is 8.05. The monoisotopic (exact) mass is 486 g/mol. The lowest BCUT2D eigenvalue weighted by Crippen LogP contribution is -2.46. The topological polar surface area (TPSA) is 126 Å². The van der Waals surface area contributed by atoms with E-state index in [9.17, 15) is 32.9 Å². The average Bonchev–Trinajstić information content (AvgIpc) is 3.00. The summed E-state index contributed by atoms with van der Waals surface area (Å²) in [7, 11) is 1.47. The molecule has 1 heterocycles. The van der Waals surface area contributed by atoms with Gasteiger partial charge in [0.15, 0.2) is 6.61 Å². The van der Waals surface area contributed by atoms with E-state index in [1.807, 2.05) is 0 Å². The first kappa shape index (κ1) is 26.6. The quantitative estimate of drug-likeness (QED) is 0.344. The summed E-state index contributed by atoms with van der Waals surface area (Å²) in [5.41, 5.74) is 0.125. The zero-order valence-electron chi connectivity index (χ0n) is 19.0. The van der Waals surface area contributed by atoms with Crippen LogP contribution in [0.1, 0.15) is 37.6 Å². The summed E-state index contributed by atoms with van der Waals surface area (Å²) < 4.78 is 48.4. The lowest BCUT2D eigenvalue weighted by Gasteiger charge is -2.23. The van der Waals surface area contributed by atoms with Crippen molar-refractivity contribution in [2.75, 3.05) is 6.61 Å². The van der Waals surface area contributed by atoms with Crippen molar-refractivity contribution < 1.29 is 37.2 Å². The lowest BCUT2D eigenvalue weighted by atomic mass is 10.0. The molecule has 0 aliphatic carbocycles. The average molecular weight is 486 g/mol. The first-order chi connectivity index (χ1) is 15.7. The molecule has 1 N–H and O–H groups in total. The highest BCUT2D eigenvalue weighted by atomic mass is 19.4. The fourth-order valence-electron chi connectivity index (χ4n) is 3.05. The van der Waals surface area contributed by atoms with Crippen LogP contribution in [0.15, 0.2) is 30.3 Å². The normalized spacial score (nSPS) is 12.7. The van der Waals surface area contributed by atoms with Gasteiger partial charge in [0.05, 0.1) is 23.4 Å². The number of carbonyl (C=O) groups excluding carboxylic acids is 2. The van der Waals surface area contributed by atoms with Gasteiger partial charge in [-0.2, -0.15) is 17.9 Å². The molecule has 0 fully saturated rings. The van der Waals surface area contributed by atoms with Crippen molar-refractivity contribution in [2.24, 2.45) is 7.05 Å². The van der Waals surface area contributed by atoms with Gasteiger partial charge in [0.1, 0.15) is 11.6 Å². The molecule has 1 amide bonds. The SMILES string of the molecule is Cn1nc([N+](=O)[O-])c(CC(NC(=O)OC(C)(C)C)C(=O)OCC(F)(F)F)c1Cc1ccccc1. The number of alkyl halides is 3. The van der Waals surface area contributed by atoms with E-state index in [4.69, 9.17) is 4.74 Å². The molecule has 1 atom stereocenters. The van der Waals surface area contributed by atoms with Crippen LogP contribution in [0.25, 0.3) is 0 Å². The number of ether oxygens (including phenoxy) is 2. The van der Waals surface area contributed by atoms with E-state index in [0.29, 0.717) is 5.69 Å². The predicted molar refractivity (Wildman–Crippen MR) is 113 cm³/mol. The predicted octanol–water partition coefficient (Wildman–Crippen LogP) is 3.46. The van der Waals surface area contributed by atoms with E-state index in [2.05, 4.69) is 15.2 Å². The highest BCUT2D eigenvalue weighted by Crippen LogP contribution is 2.26. The van der Waals surface area contributed by atoms with E-state index in [-0.39, 0.29) is 12.0 Å². The Bertz CT molecular complexity index is 1030. The van der Waals surface area contributed by atoms with Crippen molar-refractivity contribution >= 4 is 17.9 Å². The Morgan fingerprint density at radius 1 is 1.21 bits per heavy atom. The van der Waals surface area contributed by atoms with Crippen molar-refractivity contribution in [2.45, 2.75) is 51.4 Å². The Labute approximate surface area is 193 Å². The van der Waals surface area contributed by atoms with Gasteiger partial charge >= 0.3 is 24.1 Å². The Hall–Kier alpha value is -3.64. The van der Waals surface area contributed by atoms with Crippen LogP contribution >= 0.6 is 0 Å². The zero-order chi connectivity index (χ0) is 25.7. The molecule has 1 aromatic carbocycles. The maximum absolute atomic E-state index is 12.6. The minimum atomic E-state index is -4.80. The lowest BCUT2D eigenvalue weighted by molar-refractivity contribution is -0.390. The van der Waals surface area contributed by atoms with Crippen molar-refractivity contribution in [3.8, 4) is 0 Å². The van der Waals surface area contributed by atoms with E-state index >= 15 is 0 Å². The van der Waals surface area contributed by atoms with E-state index in [1.54, 1.807) is 51.1 Å². The third-order valence-electron chi connectivity index (χ3n) is 4.40. The van der Waals surface area contributed by atoms with Crippen LogP contribution in [-0.4, -0.2) is 51.2 Å². The maximum Gasteiger partial charge on any atom is 0.422 e. The minimum Gasteiger partial charge on any atom is -0.454 e. The first-order valence-electron chi connectivity index (χ1n) is 10.1. The second kappa shape index (κ2) is 10.5. The van der Waals surface area contributed by atoms with Crippen LogP contribution in [-0.2, 0) is 34.2 Å². The van der Waals surface area contributed by atoms with E-state index in [0.717, 1.165) is 5.56 Å². The molecule has 186 valence electrons. The molecule has 13 heteroatoms. The Morgan fingerprint density at radius 2 is 1.82 bits per heavy atom. The molecule has 0 radical (unpaired) electrons. The third-order valence-corrected chi connectivity index (χ3v) is 4.40. The summed E-state index contributed by atoms with van der Waals surface area (Å²) in [5, 5.41) is 17.7. The van der Waals surface area contributed by atoms with Crippen LogP contribution in [0.3, 0.4) is 0 Å². The molecule has 0 aliphatic rings. The number of carbonyl (C=O) groups is 2. The number of aromatic nitrogens is 2. The number of alkyl carbamates (subject to hydrolysis) is 1. The number of nitrogens with zero attached hydrogens (tertiary/aromatic N) is 3. The Morgan fingerprint density at radius 3 is 2.35 bits per heavy atom. The Balaban J connectivity index is 2.41. The summed E-state index contributed by atoms with van der Waals surface area (Å²) in [4.78, 5) is 35.6. The highest BCUT2D eigenvalue weighted by Gasteiger charge is 2.36. The van der Waals surface area contributed by atoms with Gasteiger partial charge < -0.3 is 24.9 Å². The van der Waals surface area contributed by atoms with Crippen molar-refractivity contribution in [3.63, 3.8) is 0 Å². The van der Waals surface area contributed by atoms with Gasteiger partial charge in [-0.05, 0) is 31.3 Å². The zero-order valence-corrected chi connectivity index (χ0v) is 19.0. The molecular weight excluding hydrogens is 461 g/mol. The summed E-state index contributed by atoms with van der Waals surface area (Å²) >= 11 is 0. The van der Waals surface area contributed by atoms with E-state index < -0.39 is 53.7 Å². The fourth-order valence-corrected chi connectivity index (χ4v) is 3.05. The highest BCUT2D eigenvalue weighted by molar-refractivity contribution is 5.82. The summed E-state index contributed by atoms with van der Waals surface area (Å²) in [5.74, 6) is -2.01. The van der Waals surface area contributed by atoms with Crippen molar-refractivity contribution in [3.05, 3.63) is 57.3 Å². The number of halogens is 3. The van der Waals surface area contributed by atoms with Gasteiger partial charge in [0.25, 0.3) is 0 Å². The number of hydrogen-bond donors (Lipinski definition) is 1. The van der Waals surface area contributed by atoms with Gasteiger partial charge in [0.2, 0.25) is 0 Å². The van der Waals surface area contributed by atoms with Gasteiger partial charge in [-0.3, -0.25) is 0 Å². The Kier molecular flexibility index (Phi) is 8.24. The number of amides is 1. The van der Waals surface area contributed by atoms with Crippen LogP contribution in [0, 0.1) is 10.1 Å². The number of nitrogens with one attached hydrogen (secondary N) is 1. The van der Waals surface area contributed by atoms with Gasteiger partial charge in [-0.15, -0.1) is 0 Å². The molecule has 1 unspecified atom stereocenters. The van der Waals surface area contributed by atoms with Crippen LogP contribution in [0.5, 0.6) is 0 Å². The molecule has 0 saturated heterocycles. The smallest absolute Gasteiger partial charge is 0.422 e. The van der Waals surface area contributed by atoms with E-state index in [1.165, 1.54) is 11.7 Å². The number of rotatable bonds is 8. The fraction of sp³-hybridized carbons (Fsp3) is 0.476. The van der Waals surface area contributed by atoms with Crippen molar-refractivity contribution in [1.82, 2.24) is 15.1 Å². The molecule has 1 aromatic heterocycles. The summed E-state index contributed by atoms with van der Waals surface area (Å²) in [6, 6.07) is 7.16. The molecule has 2 aromatic rings. The van der Waals surface area contributed by atoms with Crippen LogP contribution < -0.4 is 5.32 Å². The van der Waals surface area contributed by atoms with Crippen molar-refractivity contribution in [1.29, 1.82) is 0 Å². The summed E-state index contributed by atoms with van der Waals surface area (Å²) in [6.07, 6.45) is -6.25. The second-order valence-electron chi connectivity index (χ2n) is 8.42. The van der Waals surface area contributed by atoms with Gasteiger partial charge in [-0.1, -0.05) is 30.3 Å². The minimum absolute atomic E-state index is 0.0265. The van der Waals surface area contributed by atoms with Crippen LogP contribution in [0.2, 0.25) is 0 Å².